The third-order valence-corrected chi connectivity index (χ3v) is 4.65. The van der Waals surface area contributed by atoms with Crippen LogP contribution in [-0.2, 0) is 11.3 Å². The zero-order valence-corrected chi connectivity index (χ0v) is 12.5. The third kappa shape index (κ3) is 3.31. The van der Waals surface area contributed by atoms with E-state index in [9.17, 15) is 4.79 Å². The molecule has 0 spiro atoms. The maximum Gasteiger partial charge on any atom is 0.240 e. The van der Waals surface area contributed by atoms with Crippen molar-refractivity contribution in [2.45, 2.75) is 49.6 Å². The zero-order chi connectivity index (χ0) is 13.9. The van der Waals surface area contributed by atoms with Gasteiger partial charge in [0.25, 0.3) is 0 Å². The maximum absolute atomic E-state index is 12.2. The fraction of sp³-hybridized carbons (Fsp3) is 0.533. The summed E-state index contributed by atoms with van der Waals surface area (Å²) in [6.07, 6.45) is 5.79. The Morgan fingerprint density at radius 3 is 2.74 bits per heavy atom. The second kappa shape index (κ2) is 5.97. The van der Waals surface area contributed by atoms with Crippen molar-refractivity contribution in [2.75, 3.05) is 6.26 Å². The molecule has 0 saturated heterocycles. The van der Waals surface area contributed by atoms with Crippen LogP contribution in [-0.4, -0.2) is 17.7 Å². The summed E-state index contributed by atoms with van der Waals surface area (Å²) < 4.78 is 0. The summed E-state index contributed by atoms with van der Waals surface area (Å²) in [7, 11) is 0. The number of hydrogen-bond acceptors (Lipinski definition) is 3. The van der Waals surface area contributed by atoms with Gasteiger partial charge in [-0.15, -0.1) is 11.8 Å². The average Bonchev–Trinajstić information content (AvgIpc) is 2.85. The molecular formula is C15H22N2OS. The molecule has 3 N–H and O–H groups in total. The Kier molecular flexibility index (Phi) is 4.53. The van der Waals surface area contributed by atoms with Gasteiger partial charge in [-0.1, -0.05) is 25.0 Å². The van der Waals surface area contributed by atoms with E-state index in [-0.39, 0.29) is 5.91 Å². The van der Waals surface area contributed by atoms with E-state index in [0.717, 1.165) is 31.2 Å². The molecule has 0 aromatic heterocycles. The minimum atomic E-state index is -0.635. The van der Waals surface area contributed by atoms with E-state index >= 15 is 0 Å². The summed E-state index contributed by atoms with van der Waals surface area (Å²) >= 11 is 1.71. The van der Waals surface area contributed by atoms with Gasteiger partial charge in [-0.05, 0) is 43.2 Å². The molecule has 3 nitrogen and oxygen atoms in total. The largest absolute Gasteiger partial charge is 0.350 e. The molecule has 0 atom stereocenters. The van der Waals surface area contributed by atoms with Gasteiger partial charge in [0.15, 0.2) is 0 Å². The minimum Gasteiger partial charge on any atom is -0.350 e. The summed E-state index contributed by atoms with van der Waals surface area (Å²) in [5.74, 6) is -0.00220. The molecule has 1 saturated carbocycles. The molecule has 19 heavy (non-hydrogen) atoms. The highest BCUT2D eigenvalue weighted by Gasteiger charge is 2.36. The number of nitrogens with one attached hydrogen (secondary N) is 1. The molecule has 1 aliphatic rings. The van der Waals surface area contributed by atoms with Gasteiger partial charge in [-0.2, -0.15) is 0 Å². The quantitative estimate of drug-likeness (QED) is 0.832. The Bertz CT molecular complexity index is 467. The Hall–Kier alpha value is -1.00. The van der Waals surface area contributed by atoms with Crippen molar-refractivity contribution in [2.24, 2.45) is 5.73 Å². The predicted octanol–water partition coefficient (Wildman–Crippen LogP) is 2.60. The van der Waals surface area contributed by atoms with E-state index in [2.05, 4.69) is 36.7 Å². The van der Waals surface area contributed by atoms with Gasteiger partial charge < -0.3 is 11.1 Å². The molecular weight excluding hydrogens is 256 g/mol. The molecule has 0 bridgehead atoms. The summed E-state index contributed by atoms with van der Waals surface area (Å²) in [6, 6.07) is 6.31. The van der Waals surface area contributed by atoms with Crippen LogP contribution in [0.2, 0.25) is 0 Å². The zero-order valence-electron chi connectivity index (χ0n) is 11.7. The second-order valence-electron chi connectivity index (χ2n) is 5.36. The number of rotatable bonds is 4. The van der Waals surface area contributed by atoms with Crippen LogP contribution < -0.4 is 11.1 Å². The summed E-state index contributed by atoms with van der Waals surface area (Å²) in [5.41, 5.74) is 7.91. The smallest absolute Gasteiger partial charge is 0.240 e. The maximum atomic E-state index is 12.2. The first kappa shape index (κ1) is 14.4. The molecule has 1 aliphatic carbocycles. The number of nitrogens with two attached hydrogens (primary N) is 1. The van der Waals surface area contributed by atoms with Gasteiger partial charge in [0.05, 0.1) is 5.54 Å². The molecule has 104 valence electrons. The normalized spacial score (nSPS) is 17.4. The molecule has 0 heterocycles. The van der Waals surface area contributed by atoms with Crippen molar-refractivity contribution in [3.63, 3.8) is 0 Å². The molecule has 0 aliphatic heterocycles. The topological polar surface area (TPSA) is 55.1 Å². The van der Waals surface area contributed by atoms with Crippen LogP contribution in [0.1, 0.15) is 36.8 Å². The SMILES string of the molecule is CSc1cc(C)ccc1CNC(=O)C1(N)CCCC1. The molecule has 4 heteroatoms. The highest BCUT2D eigenvalue weighted by molar-refractivity contribution is 7.98. The van der Waals surface area contributed by atoms with E-state index in [1.54, 1.807) is 11.8 Å². The van der Waals surface area contributed by atoms with Crippen LogP contribution in [0.4, 0.5) is 0 Å². The molecule has 0 unspecified atom stereocenters. The average molecular weight is 278 g/mol. The van der Waals surface area contributed by atoms with Gasteiger partial charge in [-0.25, -0.2) is 0 Å². The van der Waals surface area contributed by atoms with Gasteiger partial charge in [-0.3, -0.25) is 4.79 Å². The summed E-state index contributed by atoms with van der Waals surface area (Å²) in [4.78, 5) is 13.4. The number of carbonyl (C=O) groups is 1. The lowest BCUT2D eigenvalue weighted by molar-refractivity contribution is -0.126. The second-order valence-corrected chi connectivity index (χ2v) is 6.21. The van der Waals surface area contributed by atoms with E-state index in [1.807, 2.05) is 0 Å². The number of hydrogen-bond donors (Lipinski definition) is 2. The van der Waals surface area contributed by atoms with Gasteiger partial charge in [0.1, 0.15) is 0 Å². The van der Waals surface area contributed by atoms with Crippen molar-refractivity contribution in [1.29, 1.82) is 0 Å². The molecule has 1 fully saturated rings. The van der Waals surface area contributed by atoms with Crippen LogP contribution >= 0.6 is 11.8 Å². The van der Waals surface area contributed by atoms with Crippen molar-refractivity contribution in [3.8, 4) is 0 Å². The monoisotopic (exact) mass is 278 g/mol. The summed E-state index contributed by atoms with van der Waals surface area (Å²) in [6.45, 7) is 2.64. The van der Waals surface area contributed by atoms with Crippen molar-refractivity contribution in [1.82, 2.24) is 5.32 Å². The Morgan fingerprint density at radius 1 is 1.42 bits per heavy atom. The van der Waals surface area contributed by atoms with Crippen LogP contribution in [0.25, 0.3) is 0 Å². The van der Waals surface area contributed by atoms with Gasteiger partial charge >= 0.3 is 0 Å². The Morgan fingerprint density at radius 2 is 2.11 bits per heavy atom. The lowest BCUT2D eigenvalue weighted by Gasteiger charge is -2.22. The van der Waals surface area contributed by atoms with Gasteiger partial charge in [0, 0.05) is 11.4 Å². The van der Waals surface area contributed by atoms with Gasteiger partial charge in [0.2, 0.25) is 5.91 Å². The number of benzene rings is 1. The van der Waals surface area contributed by atoms with Crippen LogP contribution in [0.5, 0.6) is 0 Å². The highest BCUT2D eigenvalue weighted by Crippen LogP contribution is 2.27. The van der Waals surface area contributed by atoms with E-state index < -0.39 is 5.54 Å². The first-order chi connectivity index (χ1) is 9.05. The first-order valence-electron chi connectivity index (χ1n) is 6.76. The van der Waals surface area contributed by atoms with Crippen LogP contribution in [0.3, 0.4) is 0 Å². The molecule has 2 rings (SSSR count). The summed E-state index contributed by atoms with van der Waals surface area (Å²) in [5, 5.41) is 3.00. The molecule has 1 amide bonds. The predicted molar refractivity (Wildman–Crippen MR) is 80.2 cm³/mol. The van der Waals surface area contributed by atoms with Crippen molar-refractivity contribution >= 4 is 17.7 Å². The van der Waals surface area contributed by atoms with Crippen molar-refractivity contribution in [3.05, 3.63) is 29.3 Å². The first-order valence-corrected chi connectivity index (χ1v) is 7.98. The molecule has 1 aromatic rings. The van der Waals surface area contributed by atoms with E-state index in [1.165, 1.54) is 10.5 Å². The fourth-order valence-electron chi connectivity index (χ4n) is 2.58. The molecule has 1 aromatic carbocycles. The Balaban J connectivity index is 2.00. The Labute approximate surface area is 119 Å². The minimum absolute atomic E-state index is 0.00220. The van der Waals surface area contributed by atoms with Crippen LogP contribution in [0, 0.1) is 6.92 Å². The van der Waals surface area contributed by atoms with Crippen LogP contribution in [0.15, 0.2) is 23.1 Å². The lowest BCUT2D eigenvalue weighted by Crippen LogP contribution is -2.51. The van der Waals surface area contributed by atoms with E-state index in [4.69, 9.17) is 5.73 Å². The number of amides is 1. The number of aryl methyl sites for hydroxylation is 1. The van der Waals surface area contributed by atoms with E-state index in [0.29, 0.717) is 6.54 Å². The lowest BCUT2D eigenvalue weighted by atomic mass is 9.98. The van der Waals surface area contributed by atoms with Crippen molar-refractivity contribution < 1.29 is 4.79 Å². The highest BCUT2D eigenvalue weighted by atomic mass is 32.2. The number of carbonyl (C=O) groups excluding carboxylic acids is 1. The number of thioether (sulfide) groups is 1. The molecule has 0 radical (unpaired) electrons. The standard InChI is InChI=1S/C15H22N2OS/c1-11-5-6-12(13(9-11)19-2)10-17-14(18)15(16)7-3-4-8-15/h5-6,9H,3-4,7-8,10,16H2,1-2H3,(H,17,18). The third-order valence-electron chi connectivity index (χ3n) is 3.83. The fourth-order valence-corrected chi connectivity index (χ4v) is 3.29.